The van der Waals surface area contributed by atoms with Crippen molar-refractivity contribution >= 4 is 11.8 Å². The second kappa shape index (κ2) is 5.11. The van der Waals surface area contributed by atoms with E-state index in [0.29, 0.717) is 26.2 Å². The van der Waals surface area contributed by atoms with Gasteiger partial charge in [0.05, 0.1) is 0 Å². The second-order valence-corrected chi connectivity index (χ2v) is 5.31. The molecule has 0 unspecified atom stereocenters. The van der Waals surface area contributed by atoms with E-state index < -0.39 is 0 Å². The Balaban J connectivity index is 1.63. The number of pyridine rings is 1. The molecule has 2 aliphatic rings. The lowest BCUT2D eigenvalue weighted by atomic mass is 10.2. The predicted octanol–water partition coefficient (Wildman–Crippen LogP) is 0.0693. The van der Waals surface area contributed by atoms with Crippen LogP contribution in [0.3, 0.4) is 0 Å². The second-order valence-electron chi connectivity index (χ2n) is 5.31. The van der Waals surface area contributed by atoms with Gasteiger partial charge in [-0.1, -0.05) is 0 Å². The minimum absolute atomic E-state index is 0.162. The first kappa shape index (κ1) is 12.9. The van der Waals surface area contributed by atoms with Gasteiger partial charge in [-0.05, 0) is 12.8 Å². The summed E-state index contributed by atoms with van der Waals surface area (Å²) in [5, 5.41) is 0. The van der Waals surface area contributed by atoms with E-state index in [9.17, 15) is 14.4 Å². The van der Waals surface area contributed by atoms with Crippen LogP contribution in [0.5, 0.6) is 0 Å². The molecular formula is C14H17N3O3. The minimum atomic E-state index is -0.273. The molecule has 0 radical (unpaired) electrons. The van der Waals surface area contributed by atoms with E-state index in [4.69, 9.17) is 0 Å². The maximum atomic E-state index is 12.2. The smallest absolute Gasteiger partial charge is 0.259 e. The molecule has 0 spiro atoms. The van der Waals surface area contributed by atoms with Crippen LogP contribution in [-0.2, 0) is 4.79 Å². The van der Waals surface area contributed by atoms with Crippen LogP contribution in [0.4, 0.5) is 0 Å². The first-order valence-corrected chi connectivity index (χ1v) is 6.92. The topological polar surface area (TPSA) is 73.5 Å². The number of aromatic amines is 1. The molecular weight excluding hydrogens is 258 g/mol. The number of hydrogen-bond donors (Lipinski definition) is 1. The molecule has 2 fully saturated rings. The number of nitrogens with one attached hydrogen (secondary N) is 1. The molecule has 0 bridgehead atoms. The summed E-state index contributed by atoms with van der Waals surface area (Å²) >= 11 is 0. The van der Waals surface area contributed by atoms with Crippen molar-refractivity contribution in [2.75, 3.05) is 26.2 Å². The Labute approximate surface area is 116 Å². The monoisotopic (exact) mass is 275 g/mol. The van der Waals surface area contributed by atoms with Gasteiger partial charge < -0.3 is 14.8 Å². The van der Waals surface area contributed by atoms with Crippen LogP contribution in [0.1, 0.15) is 23.2 Å². The van der Waals surface area contributed by atoms with Gasteiger partial charge in [-0.2, -0.15) is 0 Å². The van der Waals surface area contributed by atoms with Gasteiger partial charge in [0.25, 0.3) is 5.91 Å². The van der Waals surface area contributed by atoms with Gasteiger partial charge in [-0.25, -0.2) is 0 Å². The molecule has 6 nitrogen and oxygen atoms in total. The molecule has 0 atom stereocenters. The van der Waals surface area contributed by atoms with Crippen molar-refractivity contribution < 1.29 is 9.59 Å². The van der Waals surface area contributed by atoms with Crippen LogP contribution in [-0.4, -0.2) is 52.8 Å². The minimum Gasteiger partial charge on any atom is -0.367 e. The molecule has 3 rings (SSSR count). The van der Waals surface area contributed by atoms with E-state index in [1.165, 1.54) is 18.5 Å². The van der Waals surface area contributed by atoms with Gasteiger partial charge in [0.1, 0.15) is 5.56 Å². The van der Waals surface area contributed by atoms with E-state index in [2.05, 4.69) is 4.98 Å². The van der Waals surface area contributed by atoms with Gasteiger partial charge in [0.15, 0.2) is 5.43 Å². The largest absolute Gasteiger partial charge is 0.367 e. The molecule has 0 aromatic carbocycles. The number of aromatic nitrogens is 1. The van der Waals surface area contributed by atoms with Crippen LogP contribution >= 0.6 is 0 Å². The molecule has 20 heavy (non-hydrogen) atoms. The Kier molecular flexibility index (Phi) is 3.30. The number of carbonyl (C=O) groups excluding carboxylic acids is 2. The highest BCUT2D eigenvalue weighted by Gasteiger charge is 2.35. The molecule has 2 heterocycles. The van der Waals surface area contributed by atoms with Crippen LogP contribution in [0.15, 0.2) is 23.3 Å². The van der Waals surface area contributed by atoms with Crippen molar-refractivity contribution in [3.63, 3.8) is 0 Å². The average Bonchev–Trinajstić information content (AvgIpc) is 3.31. The fourth-order valence-electron chi connectivity index (χ4n) is 2.47. The van der Waals surface area contributed by atoms with Crippen LogP contribution in [0.2, 0.25) is 0 Å². The number of H-pyrrole nitrogens is 1. The first-order valence-electron chi connectivity index (χ1n) is 6.92. The summed E-state index contributed by atoms with van der Waals surface area (Å²) in [6, 6.07) is 1.35. The van der Waals surface area contributed by atoms with Crippen LogP contribution in [0.25, 0.3) is 0 Å². The van der Waals surface area contributed by atoms with Gasteiger partial charge in [-0.3, -0.25) is 14.4 Å². The number of nitrogens with zero attached hydrogens (tertiary/aromatic N) is 2. The Hall–Kier alpha value is -2.11. The van der Waals surface area contributed by atoms with Crippen molar-refractivity contribution in [2.24, 2.45) is 5.92 Å². The summed E-state index contributed by atoms with van der Waals surface area (Å²) < 4.78 is 0. The fourth-order valence-corrected chi connectivity index (χ4v) is 2.47. The maximum absolute atomic E-state index is 12.2. The molecule has 6 heteroatoms. The summed E-state index contributed by atoms with van der Waals surface area (Å²) in [6.07, 6.45) is 4.94. The van der Waals surface area contributed by atoms with Crippen molar-refractivity contribution in [1.29, 1.82) is 0 Å². The Bertz CT molecular complexity index is 583. The zero-order chi connectivity index (χ0) is 14.1. The third-order valence-electron chi connectivity index (χ3n) is 3.86. The molecule has 1 aliphatic heterocycles. The lowest BCUT2D eigenvalue weighted by Gasteiger charge is -2.34. The van der Waals surface area contributed by atoms with Gasteiger partial charge in [0, 0.05) is 50.6 Å². The maximum Gasteiger partial charge on any atom is 0.259 e. The average molecular weight is 275 g/mol. The van der Waals surface area contributed by atoms with E-state index in [-0.39, 0.29) is 28.7 Å². The summed E-state index contributed by atoms with van der Waals surface area (Å²) in [5.74, 6) is 0.175. The summed E-state index contributed by atoms with van der Waals surface area (Å²) in [7, 11) is 0. The van der Waals surface area contributed by atoms with Crippen LogP contribution in [0, 0.1) is 5.92 Å². The molecule has 1 saturated heterocycles. The molecule has 1 N–H and O–H groups in total. The quantitative estimate of drug-likeness (QED) is 0.830. The summed E-state index contributed by atoms with van der Waals surface area (Å²) in [6.45, 7) is 2.11. The summed E-state index contributed by atoms with van der Waals surface area (Å²) in [5.41, 5.74) is -0.111. The molecule has 1 aromatic rings. The SMILES string of the molecule is O=C(c1c[nH]ccc1=O)N1CCN(C(=O)C2CC2)CC1. The Morgan fingerprint density at radius 1 is 1.10 bits per heavy atom. The predicted molar refractivity (Wildman–Crippen MR) is 72.3 cm³/mol. The van der Waals surface area contributed by atoms with Crippen LogP contribution < -0.4 is 5.43 Å². The Morgan fingerprint density at radius 2 is 1.75 bits per heavy atom. The van der Waals surface area contributed by atoms with Gasteiger partial charge in [-0.15, -0.1) is 0 Å². The Morgan fingerprint density at radius 3 is 2.35 bits per heavy atom. The number of carbonyl (C=O) groups is 2. The lowest BCUT2D eigenvalue weighted by Crippen LogP contribution is -2.51. The molecule has 106 valence electrons. The highest BCUT2D eigenvalue weighted by molar-refractivity contribution is 5.94. The lowest BCUT2D eigenvalue weighted by molar-refractivity contribution is -0.134. The molecule has 1 aliphatic carbocycles. The third kappa shape index (κ3) is 2.45. The van der Waals surface area contributed by atoms with E-state index in [0.717, 1.165) is 12.8 Å². The number of rotatable bonds is 2. The standard InChI is InChI=1S/C14H17N3O3/c18-12-3-4-15-9-11(12)14(20)17-7-5-16(6-8-17)13(19)10-1-2-10/h3-4,9-10H,1-2,5-8H2,(H,15,18). The van der Waals surface area contributed by atoms with Crippen molar-refractivity contribution in [3.8, 4) is 0 Å². The number of amides is 2. The fraction of sp³-hybridized carbons (Fsp3) is 0.500. The van der Waals surface area contributed by atoms with E-state index in [1.807, 2.05) is 4.90 Å². The normalized spacial score (nSPS) is 19.0. The molecule has 1 saturated carbocycles. The first-order chi connectivity index (χ1) is 9.66. The molecule has 2 amide bonds. The van der Waals surface area contributed by atoms with Crippen molar-refractivity contribution in [2.45, 2.75) is 12.8 Å². The summed E-state index contributed by atoms with van der Waals surface area (Å²) in [4.78, 5) is 42.0. The zero-order valence-corrected chi connectivity index (χ0v) is 11.2. The molecule has 1 aromatic heterocycles. The van der Waals surface area contributed by atoms with E-state index in [1.54, 1.807) is 4.90 Å². The number of hydrogen-bond acceptors (Lipinski definition) is 3. The van der Waals surface area contributed by atoms with Crippen molar-refractivity contribution in [3.05, 3.63) is 34.2 Å². The zero-order valence-electron chi connectivity index (χ0n) is 11.2. The van der Waals surface area contributed by atoms with Gasteiger partial charge >= 0.3 is 0 Å². The van der Waals surface area contributed by atoms with Crippen molar-refractivity contribution in [1.82, 2.24) is 14.8 Å². The van der Waals surface area contributed by atoms with E-state index >= 15 is 0 Å². The van der Waals surface area contributed by atoms with Gasteiger partial charge in [0.2, 0.25) is 5.91 Å². The highest BCUT2D eigenvalue weighted by atomic mass is 16.2. The number of piperazine rings is 1. The third-order valence-corrected chi connectivity index (χ3v) is 3.86. The highest BCUT2D eigenvalue weighted by Crippen LogP contribution is 2.31.